The van der Waals surface area contributed by atoms with Crippen LogP contribution in [0.4, 0.5) is 5.82 Å². The average Bonchev–Trinajstić information content (AvgIpc) is 2.64. The minimum Gasteiger partial charge on any atom is -0.296 e. The fourth-order valence-corrected chi connectivity index (χ4v) is 2.08. The van der Waals surface area contributed by atoms with Crippen molar-refractivity contribution in [2.45, 2.75) is 13.3 Å². The van der Waals surface area contributed by atoms with Crippen LogP contribution in [0.2, 0.25) is 0 Å². The molecule has 0 saturated carbocycles. The summed E-state index contributed by atoms with van der Waals surface area (Å²) in [4.78, 5) is 17.8. The minimum absolute atomic E-state index is 0.137. The predicted molar refractivity (Wildman–Crippen MR) is 72.3 cm³/mol. The molecule has 1 atom stereocenters. The highest BCUT2D eigenvalue weighted by Gasteiger charge is 2.29. The number of nitrogens with zero attached hydrogens (tertiary/aromatic N) is 2. The number of halogens is 1. The molecule has 2 heterocycles. The van der Waals surface area contributed by atoms with Crippen LogP contribution in [-0.4, -0.2) is 17.4 Å². The molecule has 1 unspecified atom stereocenters. The third-order valence-electron chi connectivity index (χ3n) is 2.80. The molecule has 1 fully saturated rings. The zero-order valence-electron chi connectivity index (χ0n) is 9.11. The average molecular weight is 328 g/mol. The number of pyridine rings is 1. The van der Waals surface area contributed by atoms with Crippen LogP contribution >= 0.6 is 22.6 Å². The molecule has 0 aromatic carbocycles. The summed E-state index contributed by atoms with van der Waals surface area (Å²) < 4.78 is 1.12. The highest BCUT2D eigenvalue weighted by molar-refractivity contribution is 14.1. The largest absolute Gasteiger partial charge is 0.296 e. The normalized spacial score (nSPS) is 20.2. The third-order valence-corrected chi connectivity index (χ3v) is 3.93. The van der Waals surface area contributed by atoms with Crippen LogP contribution in [0.15, 0.2) is 24.9 Å². The topological polar surface area (TPSA) is 33.2 Å². The molecule has 84 valence electrons. The maximum Gasteiger partial charge on any atom is 0.228 e. The van der Waals surface area contributed by atoms with Gasteiger partial charge in [0.1, 0.15) is 5.82 Å². The van der Waals surface area contributed by atoms with Gasteiger partial charge in [0.05, 0.1) is 0 Å². The summed E-state index contributed by atoms with van der Waals surface area (Å²) in [6, 6.07) is 1.96. The van der Waals surface area contributed by atoms with Gasteiger partial charge in [-0.3, -0.25) is 9.69 Å². The van der Waals surface area contributed by atoms with Crippen LogP contribution in [0.25, 0.3) is 0 Å². The molecule has 1 saturated heterocycles. The summed E-state index contributed by atoms with van der Waals surface area (Å²) in [5.74, 6) is 1.15. The minimum atomic E-state index is 0.137. The van der Waals surface area contributed by atoms with Gasteiger partial charge in [-0.05, 0) is 41.1 Å². The summed E-state index contributed by atoms with van der Waals surface area (Å²) >= 11 is 2.24. The molecule has 1 aromatic rings. The van der Waals surface area contributed by atoms with Gasteiger partial charge in [0.15, 0.2) is 0 Å². The Morgan fingerprint density at radius 1 is 1.69 bits per heavy atom. The van der Waals surface area contributed by atoms with Gasteiger partial charge in [0, 0.05) is 28.7 Å². The van der Waals surface area contributed by atoms with Crippen LogP contribution in [-0.2, 0) is 4.79 Å². The van der Waals surface area contributed by atoms with Gasteiger partial charge >= 0.3 is 0 Å². The summed E-state index contributed by atoms with van der Waals surface area (Å²) in [5.41, 5.74) is 1.15. The van der Waals surface area contributed by atoms with Crippen molar-refractivity contribution in [3.8, 4) is 0 Å². The van der Waals surface area contributed by atoms with E-state index in [1.54, 1.807) is 11.1 Å². The molecule has 4 heteroatoms. The molecular formula is C12H13IN2O. The lowest BCUT2D eigenvalue weighted by atomic mass is 10.1. The van der Waals surface area contributed by atoms with Gasteiger partial charge in [-0.1, -0.05) is 6.08 Å². The second-order valence-corrected chi connectivity index (χ2v) is 5.16. The maximum absolute atomic E-state index is 11.8. The van der Waals surface area contributed by atoms with Gasteiger partial charge in [-0.15, -0.1) is 6.58 Å². The Labute approximate surface area is 109 Å². The molecule has 0 radical (unpaired) electrons. The molecule has 0 N–H and O–H groups in total. The van der Waals surface area contributed by atoms with Crippen molar-refractivity contribution >= 4 is 34.3 Å². The van der Waals surface area contributed by atoms with Crippen LogP contribution in [0.1, 0.15) is 12.0 Å². The summed E-state index contributed by atoms with van der Waals surface area (Å²) in [6.07, 6.45) is 4.20. The molecule has 1 aliphatic heterocycles. The number of rotatable bonds is 2. The fraction of sp³-hybridized carbons (Fsp3) is 0.333. The zero-order valence-corrected chi connectivity index (χ0v) is 11.3. The second kappa shape index (κ2) is 4.53. The Morgan fingerprint density at radius 3 is 3.00 bits per heavy atom. The molecule has 1 aromatic heterocycles. The van der Waals surface area contributed by atoms with Crippen molar-refractivity contribution in [2.75, 3.05) is 11.4 Å². The van der Waals surface area contributed by atoms with Crippen molar-refractivity contribution in [2.24, 2.45) is 5.92 Å². The second-order valence-electron chi connectivity index (χ2n) is 4.00. The molecule has 0 spiro atoms. The van der Waals surface area contributed by atoms with Gasteiger partial charge < -0.3 is 0 Å². The Kier molecular flexibility index (Phi) is 3.28. The van der Waals surface area contributed by atoms with E-state index >= 15 is 0 Å². The first-order valence-electron chi connectivity index (χ1n) is 5.17. The quantitative estimate of drug-likeness (QED) is 0.617. The van der Waals surface area contributed by atoms with Crippen LogP contribution in [0.3, 0.4) is 0 Å². The number of aromatic nitrogens is 1. The van der Waals surface area contributed by atoms with E-state index in [-0.39, 0.29) is 11.8 Å². The Balaban J connectivity index is 2.27. The number of carbonyl (C=O) groups is 1. The van der Waals surface area contributed by atoms with Crippen molar-refractivity contribution in [1.82, 2.24) is 4.98 Å². The molecule has 0 aliphatic carbocycles. The Hall–Kier alpha value is -0.910. The molecule has 2 rings (SSSR count). The number of hydrogen-bond acceptors (Lipinski definition) is 2. The molecular weight excluding hydrogens is 315 g/mol. The lowest BCUT2D eigenvalue weighted by Crippen LogP contribution is -2.25. The summed E-state index contributed by atoms with van der Waals surface area (Å²) in [7, 11) is 0. The van der Waals surface area contributed by atoms with E-state index in [9.17, 15) is 4.79 Å². The van der Waals surface area contributed by atoms with Gasteiger partial charge in [-0.2, -0.15) is 0 Å². The lowest BCUT2D eigenvalue weighted by Gasteiger charge is -2.15. The van der Waals surface area contributed by atoms with Crippen LogP contribution in [0.5, 0.6) is 0 Å². The maximum atomic E-state index is 11.8. The zero-order chi connectivity index (χ0) is 11.7. The van der Waals surface area contributed by atoms with Gasteiger partial charge in [-0.25, -0.2) is 4.98 Å². The standard InChI is InChI=1S/C12H13IN2O/c1-3-9-5-12(16)15(7-9)11-4-8(2)10(13)6-14-11/h3-4,6,9H,1,5,7H2,2H3. The first-order valence-corrected chi connectivity index (χ1v) is 6.24. The third kappa shape index (κ3) is 2.11. The van der Waals surface area contributed by atoms with Gasteiger partial charge in [0.2, 0.25) is 5.91 Å². The molecule has 3 nitrogen and oxygen atoms in total. The molecule has 1 aliphatic rings. The van der Waals surface area contributed by atoms with E-state index in [1.165, 1.54) is 0 Å². The van der Waals surface area contributed by atoms with E-state index in [0.717, 1.165) is 15.0 Å². The number of anilines is 1. The Bertz CT molecular complexity index is 445. The van der Waals surface area contributed by atoms with Crippen LogP contribution < -0.4 is 4.90 Å². The van der Waals surface area contributed by atoms with E-state index in [1.807, 2.05) is 19.1 Å². The summed E-state index contributed by atoms with van der Waals surface area (Å²) in [6.45, 7) is 6.47. The fourth-order valence-electron chi connectivity index (χ4n) is 1.79. The molecule has 0 bridgehead atoms. The monoisotopic (exact) mass is 328 g/mol. The van der Waals surface area contributed by atoms with Gasteiger partial charge in [0.25, 0.3) is 0 Å². The summed E-state index contributed by atoms with van der Waals surface area (Å²) in [5, 5.41) is 0. The van der Waals surface area contributed by atoms with E-state index < -0.39 is 0 Å². The first kappa shape index (κ1) is 11.6. The molecule has 1 amide bonds. The highest BCUT2D eigenvalue weighted by Crippen LogP contribution is 2.25. The van der Waals surface area contributed by atoms with Crippen molar-refractivity contribution in [1.29, 1.82) is 0 Å². The number of hydrogen-bond donors (Lipinski definition) is 0. The van der Waals surface area contributed by atoms with E-state index in [0.29, 0.717) is 13.0 Å². The van der Waals surface area contributed by atoms with Crippen molar-refractivity contribution < 1.29 is 4.79 Å². The predicted octanol–water partition coefficient (Wildman–Crippen LogP) is 2.53. The SMILES string of the molecule is C=CC1CC(=O)N(c2cc(C)c(I)cn2)C1. The highest BCUT2D eigenvalue weighted by atomic mass is 127. The number of aryl methyl sites for hydroxylation is 1. The van der Waals surface area contributed by atoms with Crippen molar-refractivity contribution in [3.05, 3.63) is 34.1 Å². The number of carbonyl (C=O) groups excluding carboxylic acids is 1. The van der Waals surface area contributed by atoms with E-state index in [2.05, 4.69) is 34.2 Å². The van der Waals surface area contributed by atoms with Crippen LogP contribution in [0, 0.1) is 16.4 Å². The Morgan fingerprint density at radius 2 is 2.44 bits per heavy atom. The smallest absolute Gasteiger partial charge is 0.228 e. The lowest BCUT2D eigenvalue weighted by molar-refractivity contribution is -0.117. The number of amides is 1. The van der Waals surface area contributed by atoms with E-state index in [4.69, 9.17) is 0 Å². The first-order chi connectivity index (χ1) is 7.61. The molecule has 16 heavy (non-hydrogen) atoms. The van der Waals surface area contributed by atoms with Crippen molar-refractivity contribution in [3.63, 3.8) is 0 Å².